The molecule has 0 aromatic carbocycles. The van der Waals surface area contributed by atoms with Gasteiger partial charge in [0, 0.05) is 12.6 Å². The first-order valence-corrected chi connectivity index (χ1v) is 6.33. The molecule has 94 valence electrons. The lowest BCUT2D eigenvalue weighted by Gasteiger charge is -2.13. The molecule has 17 heavy (non-hydrogen) atoms. The fourth-order valence-electron chi connectivity index (χ4n) is 1.71. The van der Waals surface area contributed by atoms with Crippen LogP contribution >= 0.6 is 23.4 Å². The molecule has 1 saturated heterocycles. The molecule has 0 radical (unpaired) electrons. The van der Waals surface area contributed by atoms with E-state index in [1.165, 1.54) is 22.5 Å². The molecule has 0 saturated carbocycles. The maximum Gasteiger partial charge on any atom is 0.350 e. The molecule has 4 N–H and O–H groups in total. The first-order chi connectivity index (χ1) is 8.02. The second kappa shape index (κ2) is 4.85. The third-order valence-corrected chi connectivity index (χ3v) is 4.47. The number of nitrogen functional groups attached to an aromatic ring is 1. The van der Waals surface area contributed by atoms with E-state index < -0.39 is 11.8 Å². The van der Waals surface area contributed by atoms with Gasteiger partial charge < -0.3 is 15.9 Å². The van der Waals surface area contributed by atoms with Crippen LogP contribution in [0.15, 0.2) is 11.0 Å². The molecule has 0 aliphatic carbocycles. The van der Waals surface area contributed by atoms with E-state index >= 15 is 0 Å². The van der Waals surface area contributed by atoms with Crippen molar-refractivity contribution in [2.45, 2.75) is 23.1 Å². The second-order valence-corrected chi connectivity index (χ2v) is 5.61. The number of hydrogen-bond acceptors (Lipinski definition) is 6. The highest BCUT2D eigenvalue weighted by molar-refractivity contribution is 8.00. The summed E-state index contributed by atoms with van der Waals surface area (Å²) in [5.41, 5.74) is 4.91. The fraction of sp³-hybridized carbons (Fsp3) is 0.556. The van der Waals surface area contributed by atoms with Gasteiger partial charge in [-0.05, 0) is 0 Å². The van der Waals surface area contributed by atoms with Crippen LogP contribution in [0.2, 0.25) is 5.02 Å². The van der Waals surface area contributed by atoms with Crippen molar-refractivity contribution in [1.29, 1.82) is 0 Å². The summed E-state index contributed by atoms with van der Waals surface area (Å²) < 4.78 is 1.34. The SMILES string of the molecule is Nc1nc(=O)n([C@H]2C[C@H](O)[C@@H](CO)S2)cc1Cl. The van der Waals surface area contributed by atoms with Crippen LogP contribution in [0, 0.1) is 0 Å². The molecule has 0 bridgehead atoms. The molecular weight excluding hydrogens is 266 g/mol. The number of aromatic nitrogens is 2. The van der Waals surface area contributed by atoms with Crippen LogP contribution in [0.4, 0.5) is 5.82 Å². The molecule has 2 rings (SSSR count). The van der Waals surface area contributed by atoms with E-state index in [2.05, 4.69) is 4.98 Å². The molecular formula is C9H12ClN3O3S. The molecule has 1 aromatic heterocycles. The Labute approximate surface area is 106 Å². The Balaban J connectivity index is 2.30. The van der Waals surface area contributed by atoms with E-state index in [1.807, 2.05) is 0 Å². The van der Waals surface area contributed by atoms with E-state index in [4.69, 9.17) is 22.4 Å². The summed E-state index contributed by atoms with van der Waals surface area (Å²) >= 11 is 7.13. The average molecular weight is 278 g/mol. The highest BCUT2D eigenvalue weighted by atomic mass is 35.5. The third kappa shape index (κ3) is 2.42. The summed E-state index contributed by atoms with van der Waals surface area (Å²) in [7, 11) is 0. The fourth-order valence-corrected chi connectivity index (χ4v) is 3.23. The van der Waals surface area contributed by atoms with Crippen molar-refractivity contribution in [2.75, 3.05) is 12.3 Å². The van der Waals surface area contributed by atoms with Crippen molar-refractivity contribution in [2.24, 2.45) is 0 Å². The van der Waals surface area contributed by atoms with Crippen molar-refractivity contribution in [3.05, 3.63) is 21.7 Å². The van der Waals surface area contributed by atoms with Gasteiger partial charge in [-0.1, -0.05) is 11.6 Å². The number of hydrogen-bond donors (Lipinski definition) is 3. The van der Waals surface area contributed by atoms with Gasteiger partial charge in [-0.25, -0.2) is 4.79 Å². The van der Waals surface area contributed by atoms with E-state index in [9.17, 15) is 9.90 Å². The quantitative estimate of drug-likeness (QED) is 0.694. The first-order valence-electron chi connectivity index (χ1n) is 5.01. The Hall–Kier alpha value is -0.760. The molecule has 2 heterocycles. The van der Waals surface area contributed by atoms with Crippen LogP contribution in [-0.4, -0.2) is 37.7 Å². The Morgan fingerprint density at radius 2 is 2.41 bits per heavy atom. The van der Waals surface area contributed by atoms with Crippen LogP contribution in [0.1, 0.15) is 11.8 Å². The maximum atomic E-state index is 11.6. The van der Waals surface area contributed by atoms with Crippen LogP contribution in [0.25, 0.3) is 0 Å². The van der Waals surface area contributed by atoms with Crippen molar-refractivity contribution < 1.29 is 10.2 Å². The van der Waals surface area contributed by atoms with Crippen molar-refractivity contribution in [3.8, 4) is 0 Å². The zero-order valence-electron chi connectivity index (χ0n) is 8.78. The van der Waals surface area contributed by atoms with Crippen LogP contribution in [-0.2, 0) is 0 Å². The van der Waals surface area contributed by atoms with Crippen LogP contribution in [0.5, 0.6) is 0 Å². The van der Waals surface area contributed by atoms with Crippen molar-refractivity contribution in [1.82, 2.24) is 9.55 Å². The zero-order chi connectivity index (χ0) is 12.6. The molecule has 0 spiro atoms. The van der Waals surface area contributed by atoms with Crippen LogP contribution in [0.3, 0.4) is 0 Å². The van der Waals surface area contributed by atoms with Gasteiger partial charge in [-0.3, -0.25) is 4.57 Å². The highest BCUT2D eigenvalue weighted by Crippen LogP contribution is 2.40. The monoisotopic (exact) mass is 277 g/mol. The topological polar surface area (TPSA) is 101 Å². The second-order valence-electron chi connectivity index (χ2n) is 3.78. The first kappa shape index (κ1) is 12.7. The number of rotatable bonds is 2. The molecule has 3 atom stereocenters. The number of thioether (sulfide) groups is 1. The van der Waals surface area contributed by atoms with Gasteiger partial charge in [-0.2, -0.15) is 4.98 Å². The van der Waals surface area contributed by atoms with Crippen molar-refractivity contribution >= 4 is 29.2 Å². The molecule has 1 aliphatic rings. The van der Waals surface area contributed by atoms with E-state index in [-0.39, 0.29) is 28.1 Å². The normalized spacial score (nSPS) is 28.5. The number of nitrogens with two attached hydrogens (primary N) is 1. The number of nitrogens with zero attached hydrogens (tertiary/aromatic N) is 2. The number of anilines is 1. The maximum absolute atomic E-state index is 11.6. The minimum Gasteiger partial charge on any atom is -0.395 e. The van der Waals surface area contributed by atoms with Gasteiger partial charge in [0.15, 0.2) is 0 Å². The van der Waals surface area contributed by atoms with E-state index in [0.29, 0.717) is 6.42 Å². The van der Waals surface area contributed by atoms with Crippen molar-refractivity contribution in [3.63, 3.8) is 0 Å². The van der Waals surface area contributed by atoms with Gasteiger partial charge >= 0.3 is 5.69 Å². The highest BCUT2D eigenvalue weighted by Gasteiger charge is 2.34. The summed E-state index contributed by atoms with van der Waals surface area (Å²) in [6, 6.07) is 0. The molecule has 1 aromatic rings. The summed E-state index contributed by atoms with van der Waals surface area (Å²) in [6.07, 6.45) is 1.15. The van der Waals surface area contributed by atoms with Crippen LogP contribution < -0.4 is 11.4 Å². The molecule has 0 unspecified atom stereocenters. The molecule has 6 nitrogen and oxygen atoms in total. The van der Waals surface area contributed by atoms with Gasteiger partial charge in [0.25, 0.3) is 0 Å². The lowest BCUT2D eigenvalue weighted by molar-refractivity contribution is 0.137. The number of aliphatic hydroxyl groups excluding tert-OH is 2. The summed E-state index contributed by atoms with van der Waals surface area (Å²) in [6.45, 7) is -0.132. The largest absolute Gasteiger partial charge is 0.395 e. The smallest absolute Gasteiger partial charge is 0.350 e. The van der Waals surface area contributed by atoms with Gasteiger partial charge in [-0.15, -0.1) is 11.8 Å². The lowest BCUT2D eigenvalue weighted by atomic mass is 10.2. The molecule has 8 heteroatoms. The molecule has 0 amide bonds. The number of halogens is 1. The Bertz CT molecular complexity index is 481. The van der Waals surface area contributed by atoms with E-state index in [1.54, 1.807) is 0 Å². The minimum atomic E-state index is -0.641. The minimum absolute atomic E-state index is 0.00447. The Morgan fingerprint density at radius 1 is 1.71 bits per heavy atom. The summed E-state index contributed by atoms with van der Waals surface area (Å²) in [5, 5.41) is 18.3. The Kier molecular flexibility index (Phi) is 3.62. The molecule has 1 aliphatic heterocycles. The standard InChI is InChI=1S/C9H12ClN3O3S/c10-4-2-13(9(16)12-8(4)11)7-1-5(15)6(3-14)17-7/h2,5-7,14-15H,1,3H2,(H2,11,12,16)/t5-,6+,7+/m0/s1. The predicted molar refractivity (Wildman–Crippen MR) is 66.0 cm³/mol. The van der Waals surface area contributed by atoms with Gasteiger partial charge in [0.1, 0.15) is 5.82 Å². The average Bonchev–Trinajstić information content (AvgIpc) is 2.65. The number of aliphatic hydroxyl groups is 2. The Morgan fingerprint density at radius 3 is 3.00 bits per heavy atom. The van der Waals surface area contributed by atoms with Gasteiger partial charge in [0.05, 0.1) is 28.4 Å². The van der Waals surface area contributed by atoms with E-state index in [0.717, 1.165) is 0 Å². The lowest BCUT2D eigenvalue weighted by Crippen LogP contribution is -2.26. The molecule has 1 fully saturated rings. The third-order valence-electron chi connectivity index (χ3n) is 2.63. The van der Waals surface area contributed by atoms with Gasteiger partial charge in [0.2, 0.25) is 0 Å². The predicted octanol–water partition coefficient (Wildman–Crippen LogP) is -0.164. The summed E-state index contributed by atoms with van der Waals surface area (Å²) in [4.78, 5) is 15.2. The summed E-state index contributed by atoms with van der Waals surface area (Å²) in [5.74, 6) is -0.00447. The zero-order valence-corrected chi connectivity index (χ0v) is 10.4.